The number of alkyl halides is 1. The highest BCUT2D eigenvalue weighted by Crippen LogP contribution is 2.31. The van der Waals surface area contributed by atoms with E-state index in [1.54, 1.807) is 6.20 Å². The Hall–Kier alpha value is -0.580. The van der Waals surface area contributed by atoms with Gasteiger partial charge >= 0.3 is 0 Å². The summed E-state index contributed by atoms with van der Waals surface area (Å²) in [5.74, 6) is 1.59. The third-order valence-electron chi connectivity index (χ3n) is 2.08. The van der Waals surface area contributed by atoms with Crippen molar-refractivity contribution in [1.82, 2.24) is 4.98 Å². The van der Waals surface area contributed by atoms with Gasteiger partial charge in [0.05, 0.1) is 10.4 Å². The lowest BCUT2D eigenvalue weighted by atomic mass is 10.3. The molecule has 88 valence electrons. The van der Waals surface area contributed by atoms with Crippen LogP contribution in [0, 0.1) is 0 Å². The van der Waals surface area contributed by atoms with Gasteiger partial charge in [-0.15, -0.1) is 11.6 Å². The number of hydrogen-bond donors (Lipinski definition) is 0. The topological polar surface area (TPSA) is 22.1 Å². The van der Waals surface area contributed by atoms with E-state index in [1.807, 2.05) is 30.3 Å². The summed E-state index contributed by atoms with van der Waals surface area (Å²) in [5.41, 5.74) is 0.844. The highest BCUT2D eigenvalue weighted by atomic mass is 79.9. The van der Waals surface area contributed by atoms with E-state index in [9.17, 15) is 0 Å². The van der Waals surface area contributed by atoms with Gasteiger partial charge < -0.3 is 4.74 Å². The second kappa shape index (κ2) is 5.85. The lowest BCUT2D eigenvalue weighted by molar-refractivity contribution is 0.455. The van der Waals surface area contributed by atoms with Crippen molar-refractivity contribution in [3.05, 3.63) is 51.0 Å². The first-order valence-corrected chi connectivity index (χ1v) is 6.95. The standard InChI is InChI=1S/C12H8Br2ClNO/c13-9-5-8(6-15)12(16-7-9)17-11-4-2-1-3-10(11)14/h1-5,7H,6H2. The van der Waals surface area contributed by atoms with Gasteiger partial charge in [0.1, 0.15) is 5.75 Å². The maximum absolute atomic E-state index is 5.86. The lowest BCUT2D eigenvalue weighted by Gasteiger charge is -2.09. The van der Waals surface area contributed by atoms with Gasteiger partial charge in [-0.3, -0.25) is 0 Å². The highest BCUT2D eigenvalue weighted by molar-refractivity contribution is 9.10. The van der Waals surface area contributed by atoms with E-state index in [0.717, 1.165) is 14.5 Å². The summed E-state index contributed by atoms with van der Waals surface area (Å²) in [7, 11) is 0. The average molecular weight is 377 g/mol. The molecule has 1 aromatic heterocycles. The van der Waals surface area contributed by atoms with Gasteiger partial charge in [-0.25, -0.2) is 4.98 Å². The molecule has 5 heteroatoms. The van der Waals surface area contributed by atoms with Crippen LogP contribution in [-0.2, 0) is 5.88 Å². The number of pyridine rings is 1. The van der Waals surface area contributed by atoms with Crippen molar-refractivity contribution in [2.24, 2.45) is 0 Å². The maximum atomic E-state index is 5.86. The van der Waals surface area contributed by atoms with E-state index >= 15 is 0 Å². The molecule has 0 N–H and O–H groups in total. The first kappa shape index (κ1) is 12.9. The molecule has 0 radical (unpaired) electrons. The molecule has 1 heterocycles. The molecule has 0 saturated heterocycles. The SMILES string of the molecule is ClCc1cc(Br)cnc1Oc1ccccc1Br. The Bertz CT molecular complexity index is 534. The fourth-order valence-electron chi connectivity index (χ4n) is 1.29. The Morgan fingerprint density at radius 2 is 2.00 bits per heavy atom. The summed E-state index contributed by atoms with van der Waals surface area (Å²) in [6, 6.07) is 9.50. The van der Waals surface area contributed by atoms with E-state index in [0.29, 0.717) is 17.5 Å². The molecule has 1 aromatic carbocycles. The van der Waals surface area contributed by atoms with Gasteiger partial charge in [-0.2, -0.15) is 0 Å². The molecular formula is C12H8Br2ClNO. The Balaban J connectivity index is 2.33. The van der Waals surface area contributed by atoms with Gasteiger partial charge in [0.15, 0.2) is 0 Å². The predicted octanol–water partition coefficient (Wildman–Crippen LogP) is 5.14. The van der Waals surface area contributed by atoms with Crippen molar-refractivity contribution in [1.29, 1.82) is 0 Å². The van der Waals surface area contributed by atoms with Gasteiger partial charge in [0.25, 0.3) is 0 Å². The molecule has 0 aliphatic carbocycles. The van der Waals surface area contributed by atoms with Gasteiger partial charge in [-0.1, -0.05) is 12.1 Å². The van der Waals surface area contributed by atoms with Gasteiger partial charge in [-0.05, 0) is 50.1 Å². The maximum Gasteiger partial charge on any atom is 0.223 e. The summed E-state index contributed by atoms with van der Waals surface area (Å²) in [6.45, 7) is 0. The van der Waals surface area contributed by atoms with Crippen LogP contribution < -0.4 is 4.74 Å². The van der Waals surface area contributed by atoms with E-state index in [2.05, 4.69) is 36.8 Å². The van der Waals surface area contributed by atoms with Gasteiger partial charge in [0.2, 0.25) is 5.88 Å². The van der Waals surface area contributed by atoms with E-state index in [4.69, 9.17) is 16.3 Å². The number of aromatic nitrogens is 1. The van der Waals surface area contributed by atoms with Crippen molar-refractivity contribution >= 4 is 43.5 Å². The molecule has 0 unspecified atom stereocenters. The minimum atomic E-state index is 0.353. The Kier molecular flexibility index (Phi) is 4.42. The van der Waals surface area contributed by atoms with Crippen LogP contribution in [0.2, 0.25) is 0 Å². The minimum absolute atomic E-state index is 0.353. The third kappa shape index (κ3) is 3.21. The molecule has 2 nitrogen and oxygen atoms in total. The highest BCUT2D eigenvalue weighted by Gasteiger charge is 2.08. The number of benzene rings is 1. The number of halogens is 3. The second-order valence-electron chi connectivity index (χ2n) is 3.28. The number of para-hydroxylation sites is 1. The summed E-state index contributed by atoms with van der Waals surface area (Å²) in [5, 5.41) is 0. The van der Waals surface area contributed by atoms with Crippen LogP contribution in [0.15, 0.2) is 45.5 Å². The minimum Gasteiger partial charge on any atom is -0.438 e. The Labute approximate surface area is 121 Å². The molecule has 2 aromatic rings. The second-order valence-corrected chi connectivity index (χ2v) is 5.32. The molecule has 0 amide bonds. The van der Waals surface area contributed by atoms with E-state index < -0.39 is 0 Å². The summed E-state index contributed by atoms with van der Waals surface area (Å²) < 4.78 is 7.48. The zero-order valence-electron chi connectivity index (χ0n) is 8.66. The monoisotopic (exact) mass is 375 g/mol. The number of hydrogen-bond acceptors (Lipinski definition) is 2. The summed E-state index contributed by atoms with van der Waals surface area (Å²) in [6.07, 6.45) is 1.68. The van der Waals surface area contributed by atoms with E-state index in [1.165, 1.54) is 0 Å². The van der Waals surface area contributed by atoms with Crippen molar-refractivity contribution in [3.63, 3.8) is 0 Å². The number of ether oxygens (including phenoxy) is 1. The first-order valence-electron chi connectivity index (χ1n) is 4.83. The van der Waals surface area contributed by atoms with Crippen LogP contribution in [0.25, 0.3) is 0 Å². The lowest BCUT2D eigenvalue weighted by Crippen LogP contribution is -1.93. The van der Waals surface area contributed by atoms with Crippen LogP contribution in [0.3, 0.4) is 0 Å². The molecule has 0 saturated carbocycles. The van der Waals surface area contributed by atoms with Crippen molar-refractivity contribution in [2.75, 3.05) is 0 Å². The van der Waals surface area contributed by atoms with E-state index in [-0.39, 0.29) is 0 Å². The van der Waals surface area contributed by atoms with Crippen molar-refractivity contribution in [2.45, 2.75) is 5.88 Å². The average Bonchev–Trinajstić information content (AvgIpc) is 2.34. The number of nitrogens with zero attached hydrogens (tertiary/aromatic N) is 1. The van der Waals surface area contributed by atoms with Gasteiger partial charge in [0, 0.05) is 16.2 Å². The van der Waals surface area contributed by atoms with Crippen molar-refractivity contribution in [3.8, 4) is 11.6 Å². The molecule has 17 heavy (non-hydrogen) atoms. The van der Waals surface area contributed by atoms with Crippen LogP contribution in [0.4, 0.5) is 0 Å². The summed E-state index contributed by atoms with van der Waals surface area (Å²) in [4.78, 5) is 4.21. The molecule has 0 atom stereocenters. The quantitative estimate of drug-likeness (QED) is 0.691. The zero-order chi connectivity index (χ0) is 12.3. The van der Waals surface area contributed by atoms with Crippen LogP contribution in [0.1, 0.15) is 5.56 Å². The molecular weight excluding hydrogens is 369 g/mol. The molecule has 0 spiro atoms. The normalized spacial score (nSPS) is 10.3. The molecule has 0 aliphatic heterocycles. The molecule has 0 fully saturated rings. The predicted molar refractivity (Wildman–Crippen MR) is 75.7 cm³/mol. The Morgan fingerprint density at radius 3 is 2.71 bits per heavy atom. The third-order valence-corrected chi connectivity index (χ3v) is 3.46. The van der Waals surface area contributed by atoms with Crippen LogP contribution in [-0.4, -0.2) is 4.98 Å². The largest absolute Gasteiger partial charge is 0.438 e. The fourth-order valence-corrected chi connectivity index (χ4v) is 2.22. The smallest absolute Gasteiger partial charge is 0.223 e. The zero-order valence-corrected chi connectivity index (χ0v) is 12.6. The fraction of sp³-hybridized carbons (Fsp3) is 0.0833. The molecule has 0 aliphatic rings. The summed E-state index contributed by atoms with van der Waals surface area (Å²) >= 11 is 12.6. The van der Waals surface area contributed by atoms with Crippen molar-refractivity contribution < 1.29 is 4.74 Å². The van der Waals surface area contributed by atoms with Crippen LogP contribution in [0.5, 0.6) is 11.6 Å². The number of rotatable bonds is 3. The first-order chi connectivity index (χ1) is 8.20. The van der Waals surface area contributed by atoms with Crippen LogP contribution >= 0.6 is 43.5 Å². The Morgan fingerprint density at radius 1 is 1.24 bits per heavy atom. The molecule has 0 bridgehead atoms. The molecule has 2 rings (SSSR count).